The van der Waals surface area contributed by atoms with Crippen molar-refractivity contribution in [2.75, 3.05) is 7.11 Å². The molecule has 56 valence electrons. The molecule has 0 N–H and O–H groups in total. The fourth-order valence-corrected chi connectivity index (χ4v) is 1.05. The molecular weight excluding hydrogens is 154 g/mol. The van der Waals surface area contributed by atoms with Gasteiger partial charge >= 0.3 is 0 Å². The van der Waals surface area contributed by atoms with Crippen LogP contribution >= 0.6 is 12.6 Å². The Bertz CT molecular complexity index is 182. The quantitative estimate of drug-likeness (QED) is 0.420. The molecule has 0 saturated carbocycles. The fourth-order valence-electron chi connectivity index (χ4n) is 0.786. The van der Waals surface area contributed by atoms with Crippen molar-refractivity contribution in [1.29, 1.82) is 0 Å². The third-order valence-corrected chi connectivity index (χ3v) is 1.67. The van der Waals surface area contributed by atoms with Gasteiger partial charge in [0.25, 0.3) is 11.8 Å². The highest BCUT2D eigenvalue weighted by Crippen LogP contribution is 2.16. The van der Waals surface area contributed by atoms with Gasteiger partial charge in [0.2, 0.25) is 0 Å². The van der Waals surface area contributed by atoms with E-state index in [2.05, 4.69) is 17.5 Å². The zero-order valence-corrected chi connectivity index (χ0v) is 6.30. The topological polar surface area (TPSA) is 46.6 Å². The highest BCUT2D eigenvalue weighted by molar-refractivity contribution is 7.81. The van der Waals surface area contributed by atoms with Gasteiger partial charge in [-0.25, -0.2) is 0 Å². The van der Waals surface area contributed by atoms with Crippen molar-refractivity contribution in [1.82, 2.24) is 5.06 Å². The Kier molecular flexibility index (Phi) is 1.96. The lowest BCUT2D eigenvalue weighted by molar-refractivity contribution is -0.179. The van der Waals surface area contributed by atoms with Crippen LogP contribution in [0.5, 0.6) is 0 Å². The average Bonchev–Trinajstić information content (AvgIpc) is 2.09. The first kappa shape index (κ1) is 7.56. The number of nitrogens with zero attached hydrogens (tertiary/aromatic N) is 1. The Morgan fingerprint density at radius 3 is 2.50 bits per heavy atom. The highest BCUT2D eigenvalue weighted by Gasteiger charge is 2.36. The predicted octanol–water partition coefficient (Wildman–Crippen LogP) is -0.395. The molecule has 0 aromatic rings. The highest BCUT2D eigenvalue weighted by atomic mass is 32.1. The van der Waals surface area contributed by atoms with E-state index in [1.165, 1.54) is 7.11 Å². The largest absolute Gasteiger partial charge is 0.272 e. The van der Waals surface area contributed by atoms with Crippen molar-refractivity contribution >= 4 is 24.4 Å². The summed E-state index contributed by atoms with van der Waals surface area (Å²) in [7, 11) is 1.28. The molecule has 1 rings (SSSR count). The molecule has 1 aliphatic heterocycles. The number of imide groups is 1. The normalized spacial score (nSPS) is 26.2. The maximum atomic E-state index is 10.9. The fraction of sp³-hybridized carbons (Fsp3) is 0.600. The second-order valence-corrected chi connectivity index (χ2v) is 2.55. The molecule has 1 fully saturated rings. The van der Waals surface area contributed by atoms with E-state index in [-0.39, 0.29) is 18.2 Å². The number of thiol groups is 1. The van der Waals surface area contributed by atoms with Crippen molar-refractivity contribution in [2.24, 2.45) is 0 Å². The van der Waals surface area contributed by atoms with Crippen LogP contribution in [0.3, 0.4) is 0 Å². The van der Waals surface area contributed by atoms with Crippen LogP contribution < -0.4 is 0 Å². The van der Waals surface area contributed by atoms with Crippen LogP contribution in [0.1, 0.15) is 6.42 Å². The van der Waals surface area contributed by atoms with Crippen molar-refractivity contribution in [3.8, 4) is 0 Å². The van der Waals surface area contributed by atoms with Crippen LogP contribution in [-0.2, 0) is 14.4 Å². The monoisotopic (exact) mass is 161 g/mol. The zero-order valence-electron chi connectivity index (χ0n) is 5.40. The Morgan fingerprint density at radius 1 is 1.70 bits per heavy atom. The van der Waals surface area contributed by atoms with E-state index in [1.54, 1.807) is 0 Å². The molecule has 4 nitrogen and oxygen atoms in total. The Balaban J connectivity index is 2.74. The molecule has 10 heavy (non-hydrogen) atoms. The van der Waals surface area contributed by atoms with Gasteiger partial charge in [-0.2, -0.15) is 17.7 Å². The molecule has 0 aromatic heterocycles. The predicted molar refractivity (Wildman–Crippen MR) is 36.3 cm³/mol. The maximum Gasteiger partial charge on any atom is 0.266 e. The van der Waals surface area contributed by atoms with Crippen molar-refractivity contribution in [3.05, 3.63) is 0 Å². The molecule has 2 amide bonds. The van der Waals surface area contributed by atoms with Gasteiger partial charge in [-0.15, -0.1) is 0 Å². The molecule has 1 heterocycles. The second-order valence-electron chi connectivity index (χ2n) is 1.93. The van der Waals surface area contributed by atoms with Crippen LogP contribution in [-0.4, -0.2) is 29.2 Å². The SMILES string of the molecule is CON1C(=O)CC(S)C1=O. The molecule has 0 aromatic carbocycles. The van der Waals surface area contributed by atoms with Crippen LogP contribution in [0.25, 0.3) is 0 Å². The number of hydrogen-bond acceptors (Lipinski definition) is 4. The van der Waals surface area contributed by atoms with Gasteiger partial charge in [0.05, 0.1) is 18.8 Å². The summed E-state index contributed by atoms with van der Waals surface area (Å²) in [5.41, 5.74) is 0. The first-order valence-electron chi connectivity index (χ1n) is 2.75. The number of hydrogen-bond donors (Lipinski definition) is 1. The summed E-state index contributed by atoms with van der Waals surface area (Å²) >= 11 is 3.87. The van der Waals surface area contributed by atoms with E-state index in [9.17, 15) is 9.59 Å². The van der Waals surface area contributed by atoms with E-state index < -0.39 is 5.25 Å². The number of hydroxylamine groups is 2. The standard InChI is InChI=1S/C5H7NO3S/c1-9-6-4(7)2-3(10)5(6)8/h3,10H,2H2,1H3. The van der Waals surface area contributed by atoms with Crippen LogP contribution in [0, 0.1) is 0 Å². The van der Waals surface area contributed by atoms with E-state index in [0.717, 1.165) is 5.06 Å². The van der Waals surface area contributed by atoms with Crippen LogP contribution in [0.4, 0.5) is 0 Å². The first-order valence-corrected chi connectivity index (χ1v) is 3.27. The van der Waals surface area contributed by atoms with Gasteiger partial charge < -0.3 is 0 Å². The van der Waals surface area contributed by atoms with Crippen molar-refractivity contribution in [2.45, 2.75) is 11.7 Å². The Labute approximate surface area is 63.5 Å². The summed E-state index contributed by atoms with van der Waals surface area (Å²) in [6.45, 7) is 0. The van der Waals surface area contributed by atoms with E-state index in [1.807, 2.05) is 0 Å². The molecule has 1 saturated heterocycles. The minimum atomic E-state index is -0.521. The second kappa shape index (κ2) is 2.59. The third-order valence-electron chi connectivity index (χ3n) is 1.26. The number of carbonyl (C=O) groups is 2. The van der Waals surface area contributed by atoms with E-state index in [0.29, 0.717) is 0 Å². The van der Waals surface area contributed by atoms with E-state index in [4.69, 9.17) is 0 Å². The number of amides is 2. The van der Waals surface area contributed by atoms with Crippen molar-refractivity contribution < 1.29 is 14.4 Å². The molecular formula is C5H7NO3S. The van der Waals surface area contributed by atoms with Gasteiger partial charge in [-0.3, -0.25) is 14.4 Å². The Hall–Kier alpha value is -0.550. The number of carbonyl (C=O) groups excluding carboxylic acids is 2. The summed E-state index contributed by atoms with van der Waals surface area (Å²) in [6, 6.07) is 0. The molecule has 0 aliphatic carbocycles. The molecule has 1 atom stereocenters. The van der Waals surface area contributed by atoms with Gasteiger partial charge in [0.15, 0.2) is 0 Å². The molecule has 0 radical (unpaired) electrons. The van der Waals surface area contributed by atoms with Crippen LogP contribution in [0.15, 0.2) is 0 Å². The van der Waals surface area contributed by atoms with Gasteiger partial charge in [-0.05, 0) is 0 Å². The van der Waals surface area contributed by atoms with E-state index >= 15 is 0 Å². The summed E-state index contributed by atoms with van der Waals surface area (Å²) in [5.74, 6) is -0.705. The van der Waals surface area contributed by atoms with Crippen LogP contribution in [0.2, 0.25) is 0 Å². The summed E-state index contributed by atoms with van der Waals surface area (Å²) in [5, 5.41) is 0.213. The summed E-state index contributed by atoms with van der Waals surface area (Å²) in [4.78, 5) is 26.1. The van der Waals surface area contributed by atoms with Gasteiger partial charge in [-0.1, -0.05) is 0 Å². The van der Waals surface area contributed by atoms with Gasteiger partial charge in [0, 0.05) is 0 Å². The Morgan fingerprint density at radius 2 is 2.30 bits per heavy atom. The summed E-state index contributed by atoms with van der Waals surface area (Å²) in [6.07, 6.45) is 0.135. The lowest BCUT2D eigenvalue weighted by Crippen LogP contribution is -2.29. The minimum Gasteiger partial charge on any atom is -0.272 e. The lowest BCUT2D eigenvalue weighted by Gasteiger charge is -2.08. The molecule has 1 unspecified atom stereocenters. The lowest BCUT2D eigenvalue weighted by atomic mass is 10.4. The third kappa shape index (κ3) is 1.02. The molecule has 1 aliphatic rings. The van der Waals surface area contributed by atoms with Crippen molar-refractivity contribution in [3.63, 3.8) is 0 Å². The smallest absolute Gasteiger partial charge is 0.266 e. The molecule has 0 spiro atoms. The molecule has 5 heteroatoms. The number of rotatable bonds is 1. The summed E-state index contributed by atoms with van der Waals surface area (Å²) < 4.78 is 0. The maximum absolute atomic E-state index is 10.9. The van der Waals surface area contributed by atoms with Gasteiger partial charge in [0.1, 0.15) is 0 Å². The minimum absolute atomic E-state index is 0.135. The average molecular weight is 161 g/mol. The molecule has 0 bridgehead atoms. The first-order chi connectivity index (χ1) is 4.66. The zero-order chi connectivity index (χ0) is 7.72.